The van der Waals surface area contributed by atoms with Gasteiger partial charge in [-0.3, -0.25) is 9.59 Å². The molecule has 0 bridgehead atoms. The fourth-order valence-corrected chi connectivity index (χ4v) is 3.64. The number of benzene rings is 2. The highest BCUT2D eigenvalue weighted by atomic mass is 16.2. The summed E-state index contributed by atoms with van der Waals surface area (Å²) in [5.74, 6) is -0.119. The average Bonchev–Trinajstić information content (AvgIpc) is 2.78. The van der Waals surface area contributed by atoms with Gasteiger partial charge in [0, 0.05) is 16.8 Å². The predicted molar refractivity (Wildman–Crippen MR) is 136 cm³/mol. The van der Waals surface area contributed by atoms with Crippen LogP contribution in [-0.4, -0.2) is 17.5 Å². The van der Waals surface area contributed by atoms with Crippen LogP contribution in [0.5, 0.6) is 0 Å². The molecule has 5 heteroatoms. The van der Waals surface area contributed by atoms with Crippen molar-refractivity contribution in [1.82, 2.24) is 5.43 Å². The van der Waals surface area contributed by atoms with Gasteiger partial charge in [-0.25, -0.2) is 5.43 Å². The molecule has 0 radical (unpaired) electrons. The maximum atomic E-state index is 12.6. The molecular weight excluding hydrogens is 410 g/mol. The number of hydrogen-bond donors (Lipinski definition) is 2. The van der Waals surface area contributed by atoms with E-state index in [9.17, 15) is 9.59 Å². The Morgan fingerprint density at radius 2 is 1.55 bits per heavy atom. The van der Waals surface area contributed by atoms with Crippen LogP contribution < -0.4 is 10.7 Å². The molecular formula is C28H33N3O2. The van der Waals surface area contributed by atoms with Crippen LogP contribution in [0.3, 0.4) is 0 Å². The molecule has 0 spiro atoms. The van der Waals surface area contributed by atoms with Gasteiger partial charge in [-0.05, 0) is 85.6 Å². The number of nitrogens with one attached hydrogen (secondary N) is 2. The van der Waals surface area contributed by atoms with Gasteiger partial charge >= 0.3 is 0 Å². The molecule has 3 rings (SSSR count). The Balaban J connectivity index is 1.61. The lowest BCUT2D eigenvalue weighted by Gasteiger charge is -2.22. The van der Waals surface area contributed by atoms with Crippen molar-refractivity contribution in [3.63, 3.8) is 0 Å². The van der Waals surface area contributed by atoms with Gasteiger partial charge in [0.2, 0.25) is 0 Å². The van der Waals surface area contributed by atoms with E-state index in [-0.39, 0.29) is 17.2 Å². The van der Waals surface area contributed by atoms with Crippen molar-refractivity contribution in [3.05, 3.63) is 89.0 Å². The van der Waals surface area contributed by atoms with Crippen LogP contribution in [0.2, 0.25) is 0 Å². The molecule has 0 heterocycles. The molecule has 1 unspecified atom stereocenters. The van der Waals surface area contributed by atoms with E-state index >= 15 is 0 Å². The molecule has 2 aromatic carbocycles. The number of allylic oxidation sites excluding steroid dienone is 3. The molecule has 0 aromatic heterocycles. The van der Waals surface area contributed by atoms with E-state index < -0.39 is 0 Å². The Morgan fingerprint density at radius 1 is 0.970 bits per heavy atom. The van der Waals surface area contributed by atoms with E-state index in [1.54, 1.807) is 24.3 Å². The molecule has 1 atom stereocenters. The normalized spacial score (nSPS) is 17.3. The first-order valence-electron chi connectivity index (χ1n) is 11.3. The number of nitrogens with zero attached hydrogens (tertiary/aromatic N) is 1. The van der Waals surface area contributed by atoms with Crippen LogP contribution in [0.1, 0.15) is 73.7 Å². The molecule has 172 valence electrons. The van der Waals surface area contributed by atoms with Crippen molar-refractivity contribution < 1.29 is 9.59 Å². The second-order valence-electron chi connectivity index (χ2n) is 9.73. The zero-order valence-corrected chi connectivity index (χ0v) is 20.2. The summed E-state index contributed by atoms with van der Waals surface area (Å²) in [5, 5.41) is 7.22. The lowest BCUT2D eigenvalue weighted by Crippen LogP contribution is -2.23. The van der Waals surface area contributed by atoms with Crippen LogP contribution >= 0.6 is 0 Å². The monoisotopic (exact) mass is 443 g/mol. The number of carbonyl (C=O) groups excluding carboxylic acids is 2. The van der Waals surface area contributed by atoms with Gasteiger partial charge in [-0.2, -0.15) is 5.10 Å². The maximum Gasteiger partial charge on any atom is 0.271 e. The van der Waals surface area contributed by atoms with Gasteiger partial charge in [0.25, 0.3) is 11.8 Å². The summed E-state index contributed by atoms with van der Waals surface area (Å²) in [5.41, 5.74) is 8.64. The zero-order chi connectivity index (χ0) is 24.2. The van der Waals surface area contributed by atoms with Gasteiger partial charge in [0.1, 0.15) is 0 Å². The summed E-state index contributed by atoms with van der Waals surface area (Å²) < 4.78 is 0. The van der Waals surface area contributed by atoms with Crippen molar-refractivity contribution >= 4 is 23.2 Å². The standard InChI is InChI=1S/C28H33N3O2/c1-18(2)22-8-7-19(3)25(17-22)30-31-27(33)21-11-15-24(16-12-21)29-26(32)20-9-13-23(14-10-20)28(4,5)6/h7,9-16,22H,1,8,17H2,2-6H3,(H,29,32)(H,31,33)/b30-25-. The lowest BCUT2D eigenvalue weighted by molar-refractivity contribution is 0.0954. The molecule has 0 fully saturated rings. The minimum atomic E-state index is -0.289. The fraction of sp³-hybridized carbons (Fsp3) is 0.321. The molecule has 2 amide bonds. The third-order valence-electron chi connectivity index (χ3n) is 6.01. The van der Waals surface area contributed by atoms with Crippen molar-refractivity contribution in [2.45, 2.75) is 52.9 Å². The summed E-state index contributed by atoms with van der Waals surface area (Å²) in [6.45, 7) is 14.5. The van der Waals surface area contributed by atoms with Gasteiger partial charge in [-0.1, -0.05) is 51.1 Å². The Bertz CT molecular complexity index is 1100. The number of hydrazone groups is 1. The average molecular weight is 444 g/mol. The van der Waals surface area contributed by atoms with E-state index in [2.05, 4.69) is 49.3 Å². The van der Waals surface area contributed by atoms with Crippen molar-refractivity contribution in [1.29, 1.82) is 0 Å². The van der Waals surface area contributed by atoms with Crippen LogP contribution in [-0.2, 0) is 5.41 Å². The summed E-state index contributed by atoms with van der Waals surface area (Å²) in [7, 11) is 0. The molecule has 0 saturated carbocycles. The summed E-state index contributed by atoms with van der Waals surface area (Å²) >= 11 is 0. The third kappa shape index (κ3) is 6.28. The number of hydrogen-bond acceptors (Lipinski definition) is 3. The molecule has 2 N–H and O–H groups in total. The van der Waals surface area contributed by atoms with Crippen LogP contribution in [0.4, 0.5) is 5.69 Å². The van der Waals surface area contributed by atoms with Crippen molar-refractivity contribution in [3.8, 4) is 0 Å². The largest absolute Gasteiger partial charge is 0.322 e. The summed E-state index contributed by atoms with van der Waals surface area (Å²) in [6.07, 6.45) is 3.88. The molecule has 1 aliphatic carbocycles. The maximum absolute atomic E-state index is 12.6. The van der Waals surface area contributed by atoms with E-state index in [4.69, 9.17) is 0 Å². The van der Waals surface area contributed by atoms with Crippen LogP contribution in [0, 0.1) is 5.92 Å². The van der Waals surface area contributed by atoms with Gasteiger partial charge in [0.05, 0.1) is 5.71 Å². The molecule has 0 saturated heterocycles. The van der Waals surface area contributed by atoms with E-state index in [0.717, 1.165) is 29.7 Å². The highest BCUT2D eigenvalue weighted by Crippen LogP contribution is 2.26. The molecule has 2 aromatic rings. The number of amides is 2. The minimum Gasteiger partial charge on any atom is -0.322 e. The molecule has 33 heavy (non-hydrogen) atoms. The smallest absolute Gasteiger partial charge is 0.271 e. The third-order valence-corrected chi connectivity index (χ3v) is 6.01. The fourth-order valence-electron chi connectivity index (χ4n) is 3.64. The Kier molecular flexibility index (Phi) is 7.32. The van der Waals surface area contributed by atoms with Gasteiger partial charge in [-0.15, -0.1) is 0 Å². The molecule has 5 nitrogen and oxygen atoms in total. The predicted octanol–water partition coefficient (Wildman–Crippen LogP) is 6.25. The lowest BCUT2D eigenvalue weighted by atomic mass is 9.85. The number of carbonyl (C=O) groups is 2. The van der Waals surface area contributed by atoms with Crippen molar-refractivity contribution in [2.24, 2.45) is 11.0 Å². The highest BCUT2D eigenvalue weighted by Gasteiger charge is 2.19. The first-order chi connectivity index (χ1) is 15.5. The summed E-state index contributed by atoms with van der Waals surface area (Å²) in [4.78, 5) is 25.1. The first-order valence-corrected chi connectivity index (χ1v) is 11.3. The second kappa shape index (κ2) is 9.99. The van der Waals surface area contributed by atoms with E-state index in [0.29, 0.717) is 22.7 Å². The second-order valence-corrected chi connectivity index (χ2v) is 9.73. The summed E-state index contributed by atoms with van der Waals surface area (Å²) in [6, 6.07) is 14.4. The molecule has 1 aliphatic rings. The van der Waals surface area contributed by atoms with Crippen LogP contribution in [0.25, 0.3) is 0 Å². The molecule has 0 aliphatic heterocycles. The topological polar surface area (TPSA) is 70.6 Å². The van der Waals surface area contributed by atoms with Gasteiger partial charge < -0.3 is 5.32 Å². The SMILES string of the molecule is C=C(C)C1CC=C(C)/C(=N\NC(=O)c2ccc(NC(=O)c3ccc(C(C)(C)C)cc3)cc2)C1. The Labute approximate surface area is 196 Å². The highest BCUT2D eigenvalue weighted by molar-refractivity contribution is 6.05. The Hall–Kier alpha value is -3.47. The quantitative estimate of drug-likeness (QED) is 0.423. The van der Waals surface area contributed by atoms with Crippen LogP contribution in [0.15, 0.2) is 77.4 Å². The van der Waals surface area contributed by atoms with E-state index in [1.807, 2.05) is 38.1 Å². The Morgan fingerprint density at radius 3 is 2.12 bits per heavy atom. The van der Waals surface area contributed by atoms with E-state index in [1.165, 1.54) is 5.56 Å². The zero-order valence-electron chi connectivity index (χ0n) is 20.2. The van der Waals surface area contributed by atoms with Gasteiger partial charge in [0.15, 0.2) is 0 Å². The first kappa shape index (κ1) is 24.2. The number of rotatable bonds is 5. The number of anilines is 1. The van der Waals surface area contributed by atoms with Crippen molar-refractivity contribution in [2.75, 3.05) is 5.32 Å². The minimum absolute atomic E-state index is 0.0362.